The van der Waals surface area contributed by atoms with E-state index >= 15 is 0 Å². The van der Waals surface area contributed by atoms with Crippen molar-refractivity contribution in [3.05, 3.63) is 53.0 Å². The van der Waals surface area contributed by atoms with Gasteiger partial charge in [0, 0.05) is 29.2 Å². The van der Waals surface area contributed by atoms with E-state index in [0.717, 1.165) is 10.2 Å². The molecule has 0 spiro atoms. The standard InChI is InChI=1S/C19H21BrN2O4S/c1-26-17-5-7-18(8-6-17)27(24,25)22-11-9-14(10-12-22)19(23)21-16-4-2-3-15(20)13-16/h2-8,13-14H,9-12H2,1H3,(H,21,23). The minimum absolute atomic E-state index is 0.0744. The van der Waals surface area contributed by atoms with Gasteiger partial charge in [-0.05, 0) is 55.3 Å². The van der Waals surface area contributed by atoms with Gasteiger partial charge in [-0.15, -0.1) is 0 Å². The number of piperidine rings is 1. The van der Waals surface area contributed by atoms with Crippen LogP contribution in [0.1, 0.15) is 12.8 Å². The number of nitrogens with one attached hydrogen (secondary N) is 1. The lowest BCUT2D eigenvalue weighted by molar-refractivity contribution is -0.120. The first-order valence-electron chi connectivity index (χ1n) is 8.61. The van der Waals surface area contributed by atoms with Crippen LogP contribution in [0.4, 0.5) is 5.69 Å². The molecule has 1 aliphatic heterocycles. The van der Waals surface area contributed by atoms with E-state index in [4.69, 9.17) is 4.74 Å². The number of hydrogen-bond donors (Lipinski definition) is 1. The molecule has 2 aromatic rings. The highest BCUT2D eigenvalue weighted by Crippen LogP contribution is 2.26. The fourth-order valence-electron chi connectivity index (χ4n) is 3.07. The van der Waals surface area contributed by atoms with E-state index in [-0.39, 0.29) is 16.7 Å². The second-order valence-corrected chi connectivity index (χ2v) is 9.21. The number of ether oxygens (including phenoxy) is 1. The van der Waals surface area contributed by atoms with Gasteiger partial charge in [0.1, 0.15) is 5.75 Å². The number of sulfonamides is 1. The summed E-state index contributed by atoms with van der Waals surface area (Å²) in [5, 5.41) is 2.90. The molecule has 0 atom stereocenters. The quantitative estimate of drug-likeness (QED) is 0.752. The number of halogens is 1. The molecular weight excluding hydrogens is 432 g/mol. The summed E-state index contributed by atoms with van der Waals surface area (Å²) in [4.78, 5) is 12.7. The molecule has 8 heteroatoms. The van der Waals surface area contributed by atoms with Crippen LogP contribution in [-0.2, 0) is 14.8 Å². The number of methoxy groups -OCH3 is 1. The number of carbonyl (C=O) groups excluding carboxylic acids is 1. The zero-order chi connectivity index (χ0) is 19.4. The Hall–Kier alpha value is -1.90. The van der Waals surface area contributed by atoms with Gasteiger partial charge in [0.25, 0.3) is 0 Å². The number of anilines is 1. The van der Waals surface area contributed by atoms with Crippen LogP contribution in [0.15, 0.2) is 57.9 Å². The molecule has 0 aromatic heterocycles. The molecule has 144 valence electrons. The van der Waals surface area contributed by atoms with E-state index < -0.39 is 10.0 Å². The predicted molar refractivity (Wildman–Crippen MR) is 107 cm³/mol. The largest absolute Gasteiger partial charge is 0.497 e. The van der Waals surface area contributed by atoms with Crippen LogP contribution in [0, 0.1) is 5.92 Å². The lowest BCUT2D eigenvalue weighted by atomic mass is 9.97. The van der Waals surface area contributed by atoms with Gasteiger partial charge < -0.3 is 10.1 Å². The molecule has 1 amide bonds. The maximum atomic E-state index is 12.8. The summed E-state index contributed by atoms with van der Waals surface area (Å²) in [5.74, 6) is 0.331. The molecule has 27 heavy (non-hydrogen) atoms. The number of nitrogens with zero attached hydrogens (tertiary/aromatic N) is 1. The van der Waals surface area contributed by atoms with Crippen molar-refractivity contribution >= 4 is 37.5 Å². The Morgan fingerprint density at radius 2 is 1.81 bits per heavy atom. The Balaban J connectivity index is 1.61. The first-order valence-corrected chi connectivity index (χ1v) is 10.8. The fraction of sp³-hybridized carbons (Fsp3) is 0.316. The third kappa shape index (κ3) is 4.69. The predicted octanol–water partition coefficient (Wildman–Crippen LogP) is 3.50. The molecule has 0 radical (unpaired) electrons. The van der Waals surface area contributed by atoms with Crippen molar-refractivity contribution in [2.75, 3.05) is 25.5 Å². The van der Waals surface area contributed by atoms with Gasteiger partial charge in [-0.2, -0.15) is 4.31 Å². The van der Waals surface area contributed by atoms with E-state index in [1.165, 1.54) is 11.4 Å². The molecule has 1 saturated heterocycles. The van der Waals surface area contributed by atoms with Crippen molar-refractivity contribution in [1.29, 1.82) is 0 Å². The van der Waals surface area contributed by atoms with E-state index in [1.54, 1.807) is 24.3 Å². The molecule has 6 nitrogen and oxygen atoms in total. The highest BCUT2D eigenvalue weighted by atomic mass is 79.9. The number of amides is 1. The molecule has 3 rings (SSSR count). The Labute approximate surface area is 167 Å². The highest BCUT2D eigenvalue weighted by Gasteiger charge is 2.32. The molecule has 2 aromatic carbocycles. The van der Waals surface area contributed by atoms with Gasteiger partial charge in [-0.1, -0.05) is 22.0 Å². The molecule has 1 N–H and O–H groups in total. The normalized spacial score (nSPS) is 16.1. The average Bonchev–Trinajstić information content (AvgIpc) is 2.68. The second-order valence-electron chi connectivity index (χ2n) is 6.35. The van der Waals surface area contributed by atoms with Gasteiger partial charge in [0.2, 0.25) is 15.9 Å². The van der Waals surface area contributed by atoms with Crippen molar-refractivity contribution in [3.8, 4) is 5.75 Å². The lowest BCUT2D eigenvalue weighted by Gasteiger charge is -2.30. The fourth-order valence-corrected chi connectivity index (χ4v) is 4.93. The van der Waals surface area contributed by atoms with Gasteiger partial charge >= 0.3 is 0 Å². The number of hydrogen-bond acceptors (Lipinski definition) is 4. The molecule has 1 aliphatic rings. The topological polar surface area (TPSA) is 75.7 Å². The SMILES string of the molecule is COc1ccc(S(=O)(=O)N2CCC(C(=O)Nc3cccc(Br)c3)CC2)cc1. The van der Waals surface area contributed by atoms with Crippen LogP contribution in [0.3, 0.4) is 0 Å². The summed E-state index contributed by atoms with van der Waals surface area (Å²) in [6, 6.07) is 13.7. The minimum atomic E-state index is -3.56. The van der Waals surface area contributed by atoms with E-state index in [1.807, 2.05) is 24.3 Å². The van der Waals surface area contributed by atoms with E-state index in [2.05, 4.69) is 21.2 Å². The Bertz CT molecular complexity index is 908. The first-order chi connectivity index (χ1) is 12.9. The van der Waals surface area contributed by atoms with Crippen molar-refractivity contribution in [1.82, 2.24) is 4.31 Å². The summed E-state index contributed by atoms with van der Waals surface area (Å²) in [6.07, 6.45) is 0.991. The van der Waals surface area contributed by atoms with Crippen molar-refractivity contribution < 1.29 is 17.9 Å². The Kier molecular flexibility index (Phi) is 6.18. The molecular formula is C19H21BrN2O4S. The van der Waals surface area contributed by atoms with Crippen LogP contribution >= 0.6 is 15.9 Å². The molecule has 0 unspecified atom stereocenters. The molecule has 1 heterocycles. The number of rotatable bonds is 5. The van der Waals surface area contributed by atoms with Gasteiger partial charge in [0.15, 0.2) is 0 Å². The van der Waals surface area contributed by atoms with Crippen LogP contribution in [0.25, 0.3) is 0 Å². The first kappa shape index (κ1) is 19.9. The van der Waals surface area contributed by atoms with Crippen LogP contribution in [0.2, 0.25) is 0 Å². The third-order valence-electron chi connectivity index (χ3n) is 4.61. The zero-order valence-corrected chi connectivity index (χ0v) is 17.3. The summed E-state index contributed by atoms with van der Waals surface area (Å²) in [5.41, 5.74) is 0.725. The van der Waals surface area contributed by atoms with Crippen molar-refractivity contribution in [2.45, 2.75) is 17.7 Å². The average molecular weight is 453 g/mol. The van der Waals surface area contributed by atoms with Crippen molar-refractivity contribution in [2.24, 2.45) is 5.92 Å². The second kappa shape index (κ2) is 8.41. The maximum absolute atomic E-state index is 12.8. The van der Waals surface area contributed by atoms with Crippen LogP contribution < -0.4 is 10.1 Å². The minimum Gasteiger partial charge on any atom is -0.497 e. The highest BCUT2D eigenvalue weighted by molar-refractivity contribution is 9.10. The Morgan fingerprint density at radius 1 is 1.15 bits per heavy atom. The molecule has 0 bridgehead atoms. The molecule has 0 saturated carbocycles. The maximum Gasteiger partial charge on any atom is 0.243 e. The van der Waals surface area contributed by atoms with Gasteiger partial charge in [-0.3, -0.25) is 4.79 Å². The summed E-state index contributed by atoms with van der Waals surface area (Å²) >= 11 is 3.38. The van der Waals surface area contributed by atoms with E-state index in [0.29, 0.717) is 31.7 Å². The summed E-state index contributed by atoms with van der Waals surface area (Å²) in [6.45, 7) is 0.649. The van der Waals surface area contributed by atoms with Gasteiger partial charge in [-0.25, -0.2) is 8.42 Å². The smallest absolute Gasteiger partial charge is 0.243 e. The molecule has 0 aliphatic carbocycles. The Morgan fingerprint density at radius 3 is 2.41 bits per heavy atom. The number of carbonyl (C=O) groups is 1. The lowest BCUT2D eigenvalue weighted by Crippen LogP contribution is -2.41. The van der Waals surface area contributed by atoms with Gasteiger partial charge in [0.05, 0.1) is 12.0 Å². The molecule has 1 fully saturated rings. The summed E-state index contributed by atoms with van der Waals surface area (Å²) in [7, 11) is -2.03. The monoisotopic (exact) mass is 452 g/mol. The van der Waals surface area contributed by atoms with E-state index in [9.17, 15) is 13.2 Å². The zero-order valence-electron chi connectivity index (χ0n) is 14.9. The van der Waals surface area contributed by atoms with Crippen LogP contribution in [-0.4, -0.2) is 38.8 Å². The van der Waals surface area contributed by atoms with Crippen LogP contribution in [0.5, 0.6) is 5.75 Å². The third-order valence-corrected chi connectivity index (χ3v) is 7.02. The summed E-state index contributed by atoms with van der Waals surface area (Å²) < 4.78 is 32.9. The van der Waals surface area contributed by atoms with Crippen molar-refractivity contribution in [3.63, 3.8) is 0 Å². The number of benzene rings is 2.